The van der Waals surface area contributed by atoms with Crippen LogP contribution in [0.2, 0.25) is 5.02 Å². The minimum Gasteiger partial charge on any atom is -0.383 e. The van der Waals surface area contributed by atoms with Gasteiger partial charge in [-0.1, -0.05) is 31.0 Å². The number of hydrogen-bond acceptors (Lipinski definition) is 2. The van der Waals surface area contributed by atoms with Crippen LogP contribution in [0, 0.1) is 0 Å². The smallest absolute Gasteiger partial charge is 0.106 e. The first kappa shape index (κ1) is 12.0. The SMILES string of the molecule is CCCCNc1cccc(Cl)c1-n1cccn1. The van der Waals surface area contributed by atoms with Gasteiger partial charge in [0.15, 0.2) is 0 Å². The number of para-hydroxylation sites is 1. The van der Waals surface area contributed by atoms with Crippen LogP contribution in [0.4, 0.5) is 5.69 Å². The standard InChI is InChI=1S/C13H16ClN3/c1-2-3-8-15-12-7-4-6-11(14)13(12)17-10-5-9-16-17/h4-7,9-10,15H,2-3,8H2,1H3. The van der Waals surface area contributed by atoms with Crippen molar-refractivity contribution in [2.45, 2.75) is 19.8 Å². The number of aromatic nitrogens is 2. The summed E-state index contributed by atoms with van der Waals surface area (Å²) in [4.78, 5) is 0. The highest BCUT2D eigenvalue weighted by Gasteiger charge is 2.08. The van der Waals surface area contributed by atoms with E-state index in [0.29, 0.717) is 5.02 Å². The van der Waals surface area contributed by atoms with Crippen LogP contribution in [-0.2, 0) is 0 Å². The molecule has 0 aliphatic carbocycles. The lowest BCUT2D eigenvalue weighted by Crippen LogP contribution is -2.06. The molecule has 2 aromatic rings. The van der Waals surface area contributed by atoms with Crippen LogP contribution in [-0.4, -0.2) is 16.3 Å². The summed E-state index contributed by atoms with van der Waals surface area (Å²) in [6.07, 6.45) is 5.96. The fourth-order valence-corrected chi connectivity index (χ4v) is 1.95. The van der Waals surface area contributed by atoms with Crippen LogP contribution in [0.25, 0.3) is 5.69 Å². The van der Waals surface area contributed by atoms with Crippen molar-refractivity contribution in [2.24, 2.45) is 0 Å². The molecule has 0 spiro atoms. The molecule has 0 aliphatic rings. The molecule has 1 heterocycles. The Hall–Kier alpha value is -1.48. The first-order valence-electron chi connectivity index (χ1n) is 5.85. The number of unbranched alkanes of at least 4 members (excludes halogenated alkanes) is 1. The van der Waals surface area contributed by atoms with Crippen molar-refractivity contribution >= 4 is 17.3 Å². The molecule has 0 atom stereocenters. The third kappa shape index (κ3) is 2.80. The minimum absolute atomic E-state index is 0.704. The predicted octanol–water partition coefficient (Wildman–Crippen LogP) is 3.74. The van der Waals surface area contributed by atoms with E-state index in [-0.39, 0.29) is 0 Å². The summed E-state index contributed by atoms with van der Waals surface area (Å²) in [6, 6.07) is 7.74. The summed E-state index contributed by atoms with van der Waals surface area (Å²) >= 11 is 6.23. The maximum Gasteiger partial charge on any atom is 0.106 e. The van der Waals surface area contributed by atoms with Crippen molar-refractivity contribution in [1.29, 1.82) is 0 Å². The van der Waals surface area contributed by atoms with E-state index in [0.717, 1.165) is 24.3 Å². The molecular formula is C13H16ClN3. The summed E-state index contributed by atoms with van der Waals surface area (Å²) < 4.78 is 1.79. The number of halogens is 1. The lowest BCUT2D eigenvalue weighted by atomic mass is 10.2. The van der Waals surface area contributed by atoms with Gasteiger partial charge in [-0.2, -0.15) is 5.10 Å². The number of nitrogens with one attached hydrogen (secondary N) is 1. The van der Waals surface area contributed by atoms with Gasteiger partial charge in [0.1, 0.15) is 5.69 Å². The maximum absolute atomic E-state index is 6.23. The van der Waals surface area contributed by atoms with Crippen molar-refractivity contribution in [3.8, 4) is 5.69 Å². The molecule has 0 unspecified atom stereocenters. The Morgan fingerprint density at radius 1 is 1.35 bits per heavy atom. The molecule has 90 valence electrons. The second kappa shape index (κ2) is 5.73. The molecule has 0 amide bonds. The van der Waals surface area contributed by atoms with Gasteiger partial charge in [0.2, 0.25) is 0 Å². The molecule has 1 aromatic heterocycles. The maximum atomic E-state index is 6.23. The highest BCUT2D eigenvalue weighted by atomic mass is 35.5. The van der Waals surface area contributed by atoms with Gasteiger partial charge in [-0.05, 0) is 24.6 Å². The highest BCUT2D eigenvalue weighted by Crippen LogP contribution is 2.27. The largest absolute Gasteiger partial charge is 0.383 e. The van der Waals surface area contributed by atoms with Crippen LogP contribution in [0.1, 0.15) is 19.8 Å². The van der Waals surface area contributed by atoms with Gasteiger partial charge in [-0.15, -0.1) is 0 Å². The van der Waals surface area contributed by atoms with Crippen molar-refractivity contribution in [3.63, 3.8) is 0 Å². The molecule has 1 aromatic carbocycles. The Labute approximate surface area is 106 Å². The van der Waals surface area contributed by atoms with Gasteiger partial charge in [-0.25, -0.2) is 4.68 Å². The highest BCUT2D eigenvalue weighted by molar-refractivity contribution is 6.33. The Balaban J connectivity index is 2.29. The van der Waals surface area contributed by atoms with Gasteiger partial charge < -0.3 is 5.32 Å². The summed E-state index contributed by atoms with van der Waals surface area (Å²) in [5, 5.41) is 8.33. The predicted molar refractivity (Wildman–Crippen MR) is 72.0 cm³/mol. The minimum atomic E-state index is 0.704. The Bertz CT molecular complexity index is 466. The topological polar surface area (TPSA) is 29.9 Å². The van der Waals surface area contributed by atoms with Crippen LogP contribution >= 0.6 is 11.6 Å². The van der Waals surface area contributed by atoms with Gasteiger partial charge in [0.25, 0.3) is 0 Å². The normalized spacial score (nSPS) is 10.5. The van der Waals surface area contributed by atoms with Crippen molar-refractivity contribution in [2.75, 3.05) is 11.9 Å². The summed E-state index contributed by atoms with van der Waals surface area (Å²) in [5.41, 5.74) is 1.94. The monoisotopic (exact) mass is 249 g/mol. The molecule has 0 radical (unpaired) electrons. The number of anilines is 1. The molecule has 1 N–H and O–H groups in total. The molecule has 0 bridgehead atoms. The van der Waals surface area contributed by atoms with Crippen molar-refractivity contribution < 1.29 is 0 Å². The average Bonchev–Trinajstić information content (AvgIpc) is 2.83. The van der Waals surface area contributed by atoms with Crippen LogP contribution in [0.3, 0.4) is 0 Å². The zero-order valence-corrected chi connectivity index (χ0v) is 10.6. The van der Waals surface area contributed by atoms with Crippen LogP contribution in [0.5, 0.6) is 0 Å². The molecule has 17 heavy (non-hydrogen) atoms. The van der Waals surface area contributed by atoms with Crippen LogP contribution < -0.4 is 5.32 Å². The fourth-order valence-electron chi connectivity index (χ4n) is 1.69. The van der Waals surface area contributed by atoms with E-state index in [2.05, 4.69) is 17.3 Å². The third-order valence-electron chi connectivity index (χ3n) is 2.57. The van der Waals surface area contributed by atoms with E-state index in [1.54, 1.807) is 10.9 Å². The fraction of sp³-hybridized carbons (Fsp3) is 0.308. The second-order valence-corrected chi connectivity index (χ2v) is 4.27. The van der Waals surface area contributed by atoms with E-state index >= 15 is 0 Å². The second-order valence-electron chi connectivity index (χ2n) is 3.87. The Kier molecular flexibility index (Phi) is 4.04. The zero-order chi connectivity index (χ0) is 12.1. The Morgan fingerprint density at radius 2 is 2.24 bits per heavy atom. The van der Waals surface area contributed by atoms with Gasteiger partial charge in [0.05, 0.1) is 10.7 Å². The summed E-state index contributed by atoms with van der Waals surface area (Å²) in [5.74, 6) is 0. The average molecular weight is 250 g/mol. The summed E-state index contributed by atoms with van der Waals surface area (Å²) in [6.45, 7) is 3.12. The van der Waals surface area contributed by atoms with E-state index in [4.69, 9.17) is 11.6 Å². The molecule has 4 heteroatoms. The molecular weight excluding hydrogens is 234 g/mol. The van der Waals surface area contributed by atoms with Gasteiger partial charge in [-0.3, -0.25) is 0 Å². The number of rotatable bonds is 5. The number of nitrogens with zero attached hydrogens (tertiary/aromatic N) is 2. The molecule has 3 nitrogen and oxygen atoms in total. The first-order chi connectivity index (χ1) is 8.33. The first-order valence-corrected chi connectivity index (χ1v) is 6.23. The lowest BCUT2D eigenvalue weighted by Gasteiger charge is -2.13. The molecule has 0 saturated heterocycles. The lowest BCUT2D eigenvalue weighted by molar-refractivity contribution is 0.828. The molecule has 0 saturated carbocycles. The van der Waals surface area contributed by atoms with Crippen molar-refractivity contribution in [3.05, 3.63) is 41.7 Å². The van der Waals surface area contributed by atoms with Crippen molar-refractivity contribution in [1.82, 2.24) is 9.78 Å². The number of hydrogen-bond donors (Lipinski definition) is 1. The Morgan fingerprint density at radius 3 is 2.94 bits per heavy atom. The van der Waals surface area contributed by atoms with E-state index in [9.17, 15) is 0 Å². The van der Waals surface area contributed by atoms with E-state index < -0.39 is 0 Å². The molecule has 0 fully saturated rings. The molecule has 2 rings (SSSR count). The summed E-state index contributed by atoms with van der Waals surface area (Å²) in [7, 11) is 0. The third-order valence-corrected chi connectivity index (χ3v) is 2.87. The quantitative estimate of drug-likeness (QED) is 0.819. The zero-order valence-electron chi connectivity index (χ0n) is 9.86. The van der Waals surface area contributed by atoms with E-state index in [1.807, 2.05) is 30.5 Å². The molecule has 0 aliphatic heterocycles. The van der Waals surface area contributed by atoms with Gasteiger partial charge in [0, 0.05) is 18.9 Å². The number of benzene rings is 1. The van der Waals surface area contributed by atoms with E-state index in [1.165, 1.54) is 6.42 Å². The van der Waals surface area contributed by atoms with Crippen LogP contribution in [0.15, 0.2) is 36.7 Å². The van der Waals surface area contributed by atoms with Gasteiger partial charge >= 0.3 is 0 Å².